The van der Waals surface area contributed by atoms with E-state index in [4.69, 9.17) is 5.11 Å². The molecule has 1 amide bonds. The zero-order valence-electron chi connectivity index (χ0n) is 11.2. The van der Waals surface area contributed by atoms with E-state index in [0.29, 0.717) is 11.1 Å². The van der Waals surface area contributed by atoms with Crippen molar-refractivity contribution in [1.29, 1.82) is 0 Å². The van der Waals surface area contributed by atoms with Crippen molar-refractivity contribution in [2.45, 2.75) is 25.8 Å². The maximum atomic E-state index is 12.3. The number of para-hydroxylation sites is 1. The summed E-state index contributed by atoms with van der Waals surface area (Å²) >= 11 is 0. The summed E-state index contributed by atoms with van der Waals surface area (Å²) in [5, 5.41) is 11.7. The average molecular weight is 296 g/mol. The maximum Gasteiger partial charge on any atom is 0.326 e. The van der Waals surface area contributed by atoms with Crippen molar-refractivity contribution in [3.8, 4) is 0 Å². The van der Waals surface area contributed by atoms with Crippen LogP contribution in [0.5, 0.6) is 0 Å². The maximum absolute atomic E-state index is 12.3. The summed E-state index contributed by atoms with van der Waals surface area (Å²) in [6.07, 6.45) is -3.74. The first-order valence-corrected chi connectivity index (χ1v) is 6.29. The van der Waals surface area contributed by atoms with E-state index in [0.717, 1.165) is 5.52 Å². The van der Waals surface area contributed by atoms with Crippen molar-refractivity contribution in [1.82, 2.24) is 10.3 Å². The third-order valence-electron chi connectivity index (χ3n) is 3.14. The highest BCUT2D eigenvalue weighted by molar-refractivity contribution is 6.08. The second-order valence-corrected chi connectivity index (χ2v) is 4.66. The van der Waals surface area contributed by atoms with Crippen molar-refractivity contribution in [2.24, 2.45) is 0 Å². The number of carboxylic acids is 1. The van der Waals surface area contributed by atoms with Gasteiger partial charge in [-0.15, -0.1) is 0 Å². The van der Waals surface area contributed by atoms with Crippen LogP contribution in [0.2, 0.25) is 0 Å². The van der Waals surface area contributed by atoms with Crippen molar-refractivity contribution in [2.75, 3.05) is 0 Å². The van der Waals surface area contributed by atoms with Crippen LogP contribution in [0.4, 0.5) is 8.78 Å². The van der Waals surface area contributed by atoms with Gasteiger partial charge in [-0.3, -0.25) is 4.79 Å². The predicted molar refractivity (Wildman–Crippen MR) is 72.5 cm³/mol. The van der Waals surface area contributed by atoms with E-state index in [1.807, 2.05) is 0 Å². The first kappa shape index (κ1) is 15.0. The highest BCUT2D eigenvalue weighted by Crippen LogP contribution is 2.22. The zero-order valence-corrected chi connectivity index (χ0v) is 11.2. The highest BCUT2D eigenvalue weighted by Gasteiger charge is 2.26. The summed E-state index contributed by atoms with van der Waals surface area (Å²) in [6.45, 7) is 1.66. The van der Waals surface area contributed by atoms with Gasteiger partial charge in [-0.05, 0) is 13.0 Å². The normalized spacial score (nSPS) is 12.6. The van der Waals surface area contributed by atoms with Gasteiger partial charge in [0.1, 0.15) is 6.04 Å². The summed E-state index contributed by atoms with van der Waals surface area (Å²) in [5.41, 5.74) is 1.54. The van der Waals surface area contributed by atoms with Gasteiger partial charge in [-0.2, -0.15) is 0 Å². The van der Waals surface area contributed by atoms with E-state index in [1.54, 1.807) is 31.2 Å². The van der Waals surface area contributed by atoms with Crippen LogP contribution in [0.15, 0.2) is 24.3 Å². The van der Waals surface area contributed by atoms with Crippen molar-refractivity contribution >= 4 is 22.8 Å². The second kappa shape index (κ2) is 5.90. The Kier molecular flexibility index (Phi) is 4.21. The Bertz CT molecular complexity index is 682. The molecule has 0 aliphatic carbocycles. The quantitative estimate of drug-likeness (QED) is 0.792. The molecule has 0 spiro atoms. The van der Waals surface area contributed by atoms with Crippen LogP contribution < -0.4 is 5.32 Å². The number of carboxylic acid groups (broad SMARTS) is 1. The molecule has 0 aliphatic rings. The molecule has 0 aliphatic heterocycles. The van der Waals surface area contributed by atoms with Gasteiger partial charge >= 0.3 is 5.97 Å². The van der Waals surface area contributed by atoms with Gasteiger partial charge < -0.3 is 15.4 Å². The number of amides is 1. The number of aliphatic carboxylic acids is 1. The van der Waals surface area contributed by atoms with E-state index in [9.17, 15) is 18.4 Å². The number of alkyl halides is 2. The van der Waals surface area contributed by atoms with E-state index in [-0.39, 0.29) is 5.56 Å². The number of benzene rings is 1. The molecule has 3 N–H and O–H groups in total. The Morgan fingerprint density at radius 1 is 1.33 bits per heavy atom. The lowest BCUT2D eigenvalue weighted by atomic mass is 10.1. The van der Waals surface area contributed by atoms with Gasteiger partial charge in [-0.25, -0.2) is 13.6 Å². The number of aromatic amines is 1. The first-order valence-electron chi connectivity index (χ1n) is 6.29. The molecule has 2 rings (SSSR count). The number of fused-ring (bicyclic) bond motifs is 1. The van der Waals surface area contributed by atoms with Crippen LogP contribution in [0.1, 0.15) is 22.5 Å². The fourth-order valence-electron chi connectivity index (χ4n) is 2.20. The number of carbonyl (C=O) groups is 2. The molecule has 1 aromatic carbocycles. The smallest absolute Gasteiger partial charge is 0.326 e. The molecule has 2 aromatic rings. The third kappa shape index (κ3) is 3.18. The van der Waals surface area contributed by atoms with Crippen LogP contribution in [-0.2, 0) is 4.79 Å². The monoisotopic (exact) mass is 296 g/mol. The van der Waals surface area contributed by atoms with Crippen molar-refractivity contribution in [3.05, 3.63) is 35.5 Å². The lowest BCUT2D eigenvalue weighted by molar-refractivity contribution is -0.140. The van der Waals surface area contributed by atoms with E-state index in [2.05, 4.69) is 10.3 Å². The molecule has 0 saturated heterocycles. The summed E-state index contributed by atoms with van der Waals surface area (Å²) in [5.74, 6) is -2.17. The number of hydrogen-bond donors (Lipinski definition) is 3. The second-order valence-electron chi connectivity index (χ2n) is 4.66. The summed E-state index contributed by atoms with van der Waals surface area (Å²) in [6, 6.07) is 5.38. The van der Waals surface area contributed by atoms with E-state index < -0.39 is 30.8 Å². The zero-order chi connectivity index (χ0) is 15.6. The molecule has 0 bridgehead atoms. The van der Waals surface area contributed by atoms with E-state index >= 15 is 0 Å². The molecule has 7 heteroatoms. The average Bonchev–Trinajstić information content (AvgIpc) is 2.73. The Balaban J connectivity index is 2.29. The number of aryl methyl sites for hydroxylation is 1. The standard InChI is InChI=1S/C14H14F2N2O3/c1-7-12(8-4-2-3-5-9(8)17-7)13(19)18-10(14(20)21)6-11(15)16/h2-5,10-11,17H,6H2,1H3,(H,18,19)(H,20,21). The predicted octanol–water partition coefficient (Wildman–Crippen LogP) is 2.31. The number of halogens is 2. The van der Waals surface area contributed by atoms with Crippen molar-refractivity contribution < 1.29 is 23.5 Å². The highest BCUT2D eigenvalue weighted by atomic mass is 19.3. The lowest BCUT2D eigenvalue weighted by Crippen LogP contribution is -2.42. The summed E-state index contributed by atoms with van der Waals surface area (Å²) < 4.78 is 24.7. The van der Waals surface area contributed by atoms with Crippen LogP contribution in [0, 0.1) is 6.92 Å². The largest absolute Gasteiger partial charge is 0.480 e. The fraction of sp³-hybridized carbons (Fsp3) is 0.286. The molecule has 1 aromatic heterocycles. The Morgan fingerprint density at radius 2 is 2.00 bits per heavy atom. The minimum atomic E-state index is -2.81. The minimum Gasteiger partial charge on any atom is -0.480 e. The molecule has 0 radical (unpaired) electrons. The number of H-pyrrole nitrogens is 1. The van der Waals surface area contributed by atoms with Crippen LogP contribution in [-0.4, -0.2) is 34.4 Å². The fourth-order valence-corrected chi connectivity index (χ4v) is 2.20. The first-order chi connectivity index (χ1) is 9.90. The molecule has 0 saturated carbocycles. The number of hydrogen-bond acceptors (Lipinski definition) is 2. The number of rotatable bonds is 5. The van der Waals surface area contributed by atoms with Gasteiger partial charge in [0.15, 0.2) is 0 Å². The molecule has 1 unspecified atom stereocenters. The number of nitrogens with one attached hydrogen (secondary N) is 2. The molecule has 1 atom stereocenters. The molecule has 0 fully saturated rings. The molecule has 1 heterocycles. The molecule has 21 heavy (non-hydrogen) atoms. The Labute approximate surface area is 119 Å². The van der Waals surface area contributed by atoms with Crippen molar-refractivity contribution in [3.63, 3.8) is 0 Å². The Hall–Kier alpha value is -2.44. The van der Waals surface area contributed by atoms with Crippen LogP contribution in [0.25, 0.3) is 10.9 Å². The van der Waals surface area contributed by atoms with Gasteiger partial charge in [0, 0.05) is 23.0 Å². The third-order valence-corrected chi connectivity index (χ3v) is 3.14. The van der Waals surface area contributed by atoms with Gasteiger partial charge in [-0.1, -0.05) is 18.2 Å². The number of aromatic nitrogens is 1. The van der Waals surface area contributed by atoms with Gasteiger partial charge in [0.05, 0.1) is 5.56 Å². The molecule has 5 nitrogen and oxygen atoms in total. The summed E-state index contributed by atoms with van der Waals surface area (Å²) in [4.78, 5) is 26.1. The summed E-state index contributed by atoms with van der Waals surface area (Å²) in [7, 11) is 0. The molecule has 112 valence electrons. The Morgan fingerprint density at radius 3 is 2.62 bits per heavy atom. The number of carbonyl (C=O) groups excluding carboxylic acids is 1. The topological polar surface area (TPSA) is 82.2 Å². The van der Waals surface area contributed by atoms with Gasteiger partial charge in [0.2, 0.25) is 6.43 Å². The lowest BCUT2D eigenvalue weighted by Gasteiger charge is -2.14. The minimum absolute atomic E-state index is 0.270. The van der Waals surface area contributed by atoms with E-state index in [1.165, 1.54) is 0 Å². The molecular formula is C14H14F2N2O3. The molecular weight excluding hydrogens is 282 g/mol. The SMILES string of the molecule is Cc1[nH]c2ccccc2c1C(=O)NC(CC(F)F)C(=O)O. The van der Waals surface area contributed by atoms with Gasteiger partial charge in [0.25, 0.3) is 5.91 Å². The van der Waals surface area contributed by atoms with Crippen LogP contribution >= 0.6 is 0 Å². The van der Waals surface area contributed by atoms with Crippen LogP contribution in [0.3, 0.4) is 0 Å².